The van der Waals surface area contributed by atoms with Gasteiger partial charge in [0.05, 0.1) is 11.3 Å². The molecule has 0 bridgehead atoms. The highest BCUT2D eigenvalue weighted by Gasteiger charge is 2.32. The van der Waals surface area contributed by atoms with E-state index >= 15 is 0 Å². The van der Waals surface area contributed by atoms with Gasteiger partial charge in [-0.25, -0.2) is 9.67 Å². The first-order valence-corrected chi connectivity index (χ1v) is 12.8. The quantitative estimate of drug-likeness (QED) is 0.320. The molecule has 3 heterocycles. The second-order valence-corrected chi connectivity index (χ2v) is 11.2. The minimum Gasteiger partial charge on any atom is -0.360 e. The van der Waals surface area contributed by atoms with Crippen LogP contribution >= 0.6 is 11.3 Å². The van der Waals surface area contributed by atoms with Crippen molar-refractivity contribution in [3.63, 3.8) is 0 Å². The smallest absolute Gasteiger partial charge is 0.163 e. The van der Waals surface area contributed by atoms with Gasteiger partial charge in [-0.15, -0.1) is 11.3 Å². The molecule has 1 aromatic carbocycles. The number of carbonyl (C=O) groups excluding carboxylic acids is 1. The van der Waals surface area contributed by atoms with Gasteiger partial charge in [-0.05, 0) is 89.6 Å². The average molecular weight is 474 g/mol. The maximum absolute atomic E-state index is 13.0. The van der Waals surface area contributed by atoms with E-state index in [1.165, 1.54) is 28.7 Å². The van der Waals surface area contributed by atoms with Crippen molar-refractivity contribution in [1.29, 1.82) is 0 Å². The van der Waals surface area contributed by atoms with Crippen LogP contribution in [0.15, 0.2) is 42.7 Å². The molecule has 176 valence electrons. The van der Waals surface area contributed by atoms with Gasteiger partial charge >= 0.3 is 0 Å². The van der Waals surface area contributed by atoms with Crippen LogP contribution in [-0.2, 0) is 22.4 Å². The number of rotatable bonds is 5. The zero-order chi connectivity index (χ0) is 24.0. The van der Waals surface area contributed by atoms with E-state index in [1.807, 2.05) is 56.0 Å². The molecule has 1 atom stereocenters. The zero-order valence-electron chi connectivity index (χ0n) is 20.5. The van der Waals surface area contributed by atoms with Gasteiger partial charge in [0.15, 0.2) is 5.78 Å². The topological polar surface area (TPSA) is 57.0 Å². The van der Waals surface area contributed by atoms with E-state index < -0.39 is 11.7 Å². The molecule has 0 amide bonds. The van der Waals surface area contributed by atoms with Crippen LogP contribution in [0, 0.1) is 6.92 Å². The van der Waals surface area contributed by atoms with Gasteiger partial charge < -0.3 is 4.74 Å². The fourth-order valence-electron chi connectivity index (χ4n) is 4.96. The Morgan fingerprint density at radius 3 is 2.68 bits per heavy atom. The predicted octanol–water partition coefficient (Wildman–Crippen LogP) is 6.78. The fraction of sp³-hybridized carbons (Fsp3) is 0.393. The number of ketones is 1. The number of benzene rings is 1. The van der Waals surface area contributed by atoms with Crippen molar-refractivity contribution in [3.05, 3.63) is 64.4 Å². The Labute approximate surface area is 204 Å². The minimum absolute atomic E-state index is 0.00671. The summed E-state index contributed by atoms with van der Waals surface area (Å²) in [6.45, 7) is 9.61. The molecule has 0 N–H and O–H groups in total. The van der Waals surface area contributed by atoms with E-state index in [0.29, 0.717) is 0 Å². The molecule has 5 nitrogen and oxygen atoms in total. The van der Waals surface area contributed by atoms with Crippen LogP contribution in [-0.4, -0.2) is 26.1 Å². The SMILES string of the molecule is CC(=O)C(OC(C)(C)C)c1c(C)nc2sc3c(c2c1-c1cccc(-n2cccn2)c1)CCCC3. The highest BCUT2D eigenvalue weighted by molar-refractivity contribution is 7.19. The maximum atomic E-state index is 13.0. The monoisotopic (exact) mass is 473 g/mol. The minimum atomic E-state index is -0.681. The Morgan fingerprint density at radius 1 is 1.18 bits per heavy atom. The van der Waals surface area contributed by atoms with Gasteiger partial charge in [0.1, 0.15) is 10.9 Å². The van der Waals surface area contributed by atoms with Gasteiger partial charge in [0.25, 0.3) is 0 Å². The number of hydrogen-bond donors (Lipinski definition) is 0. The molecule has 1 unspecified atom stereocenters. The molecule has 3 aromatic heterocycles. The van der Waals surface area contributed by atoms with Crippen LogP contribution in [0.1, 0.15) is 68.3 Å². The lowest BCUT2D eigenvalue weighted by molar-refractivity contribution is -0.138. The van der Waals surface area contributed by atoms with Crippen molar-refractivity contribution in [2.24, 2.45) is 0 Å². The summed E-state index contributed by atoms with van der Waals surface area (Å²) >= 11 is 1.81. The third kappa shape index (κ3) is 4.21. The highest BCUT2D eigenvalue weighted by atomic mass is 32.1. The van der Waals surface area contributed by atoms with E-state index in [0.717, 1.165) is 45.7 Å². The molecule has 1 aliphatic rings. The van der Waals surface area contributed by atoms with Gasteiger partial charge in [-0.1, -0.05) is 12.1 Å². The lowest BCUT2D eigenvalue weighted by Crippen LogP contribution is -2.27. The summed E-state index contributed by atoms with van der Waals surface area (Å²) in [7, 11) is 0. The fourth-order valence-corrected chi connectivity index (χ4v) is 6.28. The molecule has 0 spiro atoms. The normalized spacial score (nSPS) is 14.9. The highest BCUT2D eigenvalue weighted by Crippen LogP contribution is 2.46. The van der Waals surface area contributed by atoms with Crippen molar-refractivity contribution in [2.75, 3.05) is 0 Å². The maximum Gasteiger partial charge on any atom is 0.163 e. The first-order valence-electron chi connectivity index (χ1n) is 12.0. The van der Waals surface area contributed by atoms with Crippen LogP contribution < -0.4 is 0 Å². The second-order valence-electron chi connectivity index (χ2n) is 10.1. The number of nitrogens with zero attached hydrogens (tertiary/aromatic N) is 3. The van der Waals surface area contributed by atoms with Crippen molar-refractivity contribution in [3.8, 4) is 16.8 Å². The van der Waals surface area contributed by atoms with Gasteiger partial charge in [-0.2, -0.15) is 5.10 Å². The van der Waals surface area contributed by atoms with Crippen molar-refractivity contribution in [1.82, 2.24) is 14.8 Å². The third-order valence-corrected chi connectivity index (χ3v) is 7.52. The summed E-state index contributed by atoms with van der Waals surface area (Å²) < 4.78 is 8.26. The van der Waals surface area contributed by atoms with E-state index in [9.17, 15) is 4.79 Å². The largest absolute Gasteiger partial charge is 0.360 e. The molecule has 6 heteroatoms. The number of Topliss-reactive ketones (excluding diaryl/α,β-unsaturated/α-hetero) is 1. The third-order valence-electron chi connectivity index (χ3n) is 6.34. The molecule has 0 fully saturated rings. The Morgan fingerprint density at radius 2 is 1.97 bits per heavy atom. The number of pyridine rings is 1. The van der Waals surface area contributed by atoms with Crippen LogP contribution in [0.2, 0.25) is 0 Å². The molecule has 4 aromatic rings. The number of ether oxygens (including phenoxy) is 1. The van der Waals surface area contributed by atoms with E-state index in [2.05, 4.69) is 29.4 Å². The van der Waals surface area contributed by atoms with E-state index in [1.54, 1.807) is 13.1 Å². The summed E-state index contributed by atoms with van der Waals surface area (Å²) in [4.78, 5) is 20.5. The number of hydrogen-bond acceptors (Lipinski definition) is 5. The molecule has 5 rings (SSSR count). The summed E-state index contributed by atoms with van der Waals surface area (Å²) in [6.07, 6.45) is 7.61. The Balaban J connectivity index is 1.84. The molecule has 0 saturated heterocycles. The molecule has 0 radical (unpaired) electrons. The molecular weight excluding hydrogens is 442 g/mol. The molecule has 0 aliphatic heterocycles. The molecule has 1 aliphatic carbocycles. The summed E-state index contributed by atoms with van der Waals surface area (Å²) in [6, 6.07) is 10.3. The summed E-state index contributed by atoms with van der Waals surface area (Å²) in [5, 5.41) is 5.62. The predicted molar refractivity (Wildman–Crippen MR) is 138 cm³/mol. The summed E-state index contributed by atoms with van der Waals surface area (Å²) in [5.41, 5.74) is 5.80. The number of fused-ring (bicyclic) bond motifs is 3. The second kappa shape index (κ2) is 8.75. The first-order chi connectivity index (χ1) is 16.2. The number of aromatic nitrogens is 3. The Bertz CT molecular complexity index is 1360. The Hall–Kier alpha value is -2.83. The Kier molecular flexibility index (Phi) is 5.90. The molecule has 0 saturated carbocycles. The summed E-state index contributed by atoms with van der Waals surface area (Å²) in [5.74, 6) is -0.00671. The number of carbonyl (C=O) groups is 1. The van der Waals surface area contributed by atoms with Crippen LogP contribution in [0.5, 0.6) is 0 Å². The van der Waals surface area contributed by atoms with Gasteiger partial charge in [0.2, 0.25) is 0 Å². The van der Waals surface area contributed by atoms with Crippen LogP contribution in [0.3, 0.4) is 0 Å². The van der Waals surface area contributed by atoms with Crippen LogP contribution in [0.25, 0.3) is 27.0 Å². The standard InChI is InChI=1S/C28H31N3O2S/c1-17-23(26(18(2)32)33-28(3,4)5)24(19-10-8-11-20(16-19)31-15-9-14-29-31)25-21-12-6-7-13-22(21)34-27(25)30-17/h8-11,14-16,26H,6-7,12-13H2,1-5H3. The van der Waals surface area contributed by atoms with Crippen LogP contribution in [0.4, 0.5) is 0 Å². The van der Waals surface area contributed by atoms with E-state index in [4.69, 9.17) is 9.72 Å². The number of aryl methyl sites for hydroxylation is 3. The van der Waals surface area contributed by atoms with Crippen molar-refractivity contribution >= 4 is 27.3 Å². The number of thiophene rings is 1. The van der Waals surface area contributed by atoms with Crippen molar-refractivity contribution in [2.45, 2.75) is 72.0 Å². The van der Waals surface area contributed by atoms with Gasteiger partial charge in [-0.3, -0.25) is 4.79 Å². The lowest BCUT2D eigenvalue weighted by atomic mass is 9.87. The van der Waals surface area contributed by atoms with Gasteiger partial charge in [0, 0.05) is 39.5 Å². The average Bonchev–Trinajstić information content (AvgIpc) is 3.44. The van der Waals surface area contributed by atoms with Crippen molar-refractivity contribution < 1.29 is 9.53 Å². The zero-order valence-corrected chi connectivity index (χ0v) is 21.3. The van der Waals surface area contributed by atoms with E-state index in [-0.39, 0.29) is 5.78 Å². The first kappa shape index (κ1) is 22.9. The molecular formula is C28H31N3O2S. The lowest BCUT2D eigenvalue weighted by Gasteiger charge is -2.29. The molecule has 34 heavy (non-hydrogen) atoms.